The van der Waals surface area contributed by atoms with E-state index in [4.69, 9.17) is 36.3 Å². The summed E-state index contributed by atoms with van der Waals surface area (Å²) in [4.78, 5) is 58.1. The van der Waals surface area contributed by atoms with Crippen molar-refractivity contribution in [1.82, 2.24) is 15.5 Å². The van der Waals surface area contributed by atoms with E-state index in [0.717, 1.165) is 10.8 Å². The van der Waals surface area contributed by atoms with Gasteiger partial charge in [0.15, 0.2) is 5.78 Å². The molecule has 1 aliphatic heterocycles. The summed E-state index contributed by atoms with van der Waals surface area (Å²) < 4.78 is 26.0. The molecule has 0 spiro atoms. The maximum Gasteiger partial charge on any atom is 1.00 e. The monoisotopic (exact) mass is 617 g/mol. The zero-order valence-electron chi connectivity index (χ0n) is 24.5. The fraction of sp³-hybridized carbons (Fsp3) is 0.800. The zero-order chi connectivity index (χ0) is 29.5. The molecule has 1 fully saturated rings. The van der Waals surface area contributed by atoms with E-state index in [2.05, 4.69) is 31.4 Å². The number of nitrogens with zero attached hydrogens (tertiary/aromatic N) is 1. The smallest absolute Gasteiger partial charge is 0.779 e. The molecule has 0 aromatic carbocycles. The Morgan fingerprint density at radius 3 is 1.73 bits per heavy atom. The average Bonchev–Trinajstić information content (AvgIpc) is 3.09. The van der Waals surface area contributed by atoms with Gasteiger partial charge in [-0.05, 0) is 12.8 Å². The standard InChI is InChI=1S/C21H35N3O10S.C4H10.K/c1-16(25)13-34-15-19(27)23-3-6-30-5-2-22-18(26)14-33-11-10-32-9-8-31-7-4-24-20(28)12-17(35)21(24)29;1-4(2)3;/h17,35H,2-15H2,1H3,(H,22,26)(H,23,27);4H,1-3H3;/q;;+1/p-1. The molecule has 0 saturated carbocycles. The number of likely N-dealkylation sites (tertiary alicyclic amines) is 1. The van der Waals surface area contributed by atoms with Crippen molar-refractivity contribution in [3.05, 3.63) is 0 Å². The first-order valence-electron chi connectivity index (χ1n) is 13.0. The van der Waals surface area contributed by atoms with Gasteiger partial charge >= 0.3 is 51.4 Å². The van der Waals surface area contributed by atoms with Crippen LogP contribution in [0.1, 0.15) is 34.1 Å². The van der Waals surface area contributed by atoms with Crippen molar-refractivity contribution < 1.29 is 99.0 Å². The predicted molar refractivity (Wildman–Crippen MR) is 144 cm³/mol. The normalized spacial score (nSPS) is 14.4. The van der Waals surface area contributed by atoms with E-state index >= 15 is 0 Å². The van der Waals surface area contributed by atoms with Gasteiger partial charge in [-0.3, -0.25) is 28.9 Å². The molecule has 1 atom stereocenters. The van der Waals surface area contributed by atoms with Crippen molar-refractivity contribution in [2.45, 2.75) is 39.4 Å². The van der Waals surface area contributed by atoms with Crippen LogP contribution in [-0.2, 0) is 60.3 Å². The number of rotatable bonds is 21. The third kappa shape index (κ3) is 25.3. The van der Waals surface area contributed by atoms with E-state index in [9.17, 15) is 24.0 Å². The molecule has 226 valence electrons. The third-order valence-corrected chi connectivity index (χ3v) is 4.68. The number of carbonyl (C=O) groups excluding carboxylic acids is 5. The Hall–Kier alpha value is -0.464. The quantitative estimate of drug-likeness (QED) is 0.0564. The molecule has 0 aromatic heterocycles. The van der Waals surface area contributed by atoms with E-state index in [1.807, 2.05) is 0 Å². The Labute approximate surface area is 285 Å². The molecule has 0 bridgehead atoms. The van der Waals surface area contributed by atoms with Crippen LogP contribution in [0, 0.1) is 5.92 Å². The second-order valence-electron chi connectivity index (χ2n) is 9.09. The van der Waals surface area contributed by atoms with Gasteiger partial charge in [-0.2, -0.15) is 0 Å². The summed E-state index contributed by atoms with van der Waals surface area (Å²) >= 11 is 4.89. The van der Waals surface area contributed by atoms with Crippen molar-refractivity contribution in [2.24, 2.45) is 5.92 Å². The van der Waals surface area contributed by atoms with Gasteiger partial charge in [0.05, 0.1) is 52.8 Å². The van der Waals surface area contributed by atoms with Crippen LogP contribution in [0.4, 0.5) is 0 Å². The molecule has 1 aliphatic rings. The molecule has 1 heterocycles. The third-order valence-electron chi connectivity index (χ3n) is 4.31. The van der Waals surface area contributed by atoms with Gasteiger partial charge in [-0.25, -0.2) is 0 Å². The summed E-state index contributed by atoms with van der Waals surface area (Å²) in [6.07, 6.45) is 0.0753. The van der Waals surface area contributed by atoms with Gasteiger partial charge in [-0.15, -0.1) is 0 Å². The van der Waals surface area contributed by atoms with Crippen LogP contribution >= 0.6 is 0 Å². The number of hydrogen-bond acceptors (Lipinski definition) is 11. The Morgan fingerprint density at radius 1 is 0.800 bits per heavy atom. The summed E-state index contributed by atoms with van der Waals surface area (Å²) in [5.41, 5.74) is 0. The first kappa shape index (κ1) is 41.7. The molecule has 4 amide bonds. The molecule has 40 heavy (non-hydrogen) atoms. The molecule has 1 rings (SSSR count). The minimum absolute atomic E-state index is 0. The molecule has 0 aromatic rings. The summed E-state index contributed by atoms with van der Waals surface area (Å²) in [6.45, 7) is 10.1. The van der Waals surface area contributed by atoms with Crippen molar-refractivity contribution in [2.75, 3.05) is 85.7 Å². The Bertz CT molecular complexity index is 743. The molecular formula is C25H44KN3O10S. The molecule has 0 radical (unpaired) electrons. The molecule has 15 heteroatoms. The number of ketones is 1. The van der Waals surface area contributed by atoms with Crippen LogP contribution in [0.25, 0.3) is 0 Å². The number of imide groups is 1. The number of hydrogen-bond donors (Lipinski definition) is 2. The fourth-order valence-corrected chi connectivity index (χ4v) is 2.93. The first-order valence-corrected chi connectivity index (χ1v) is 13.4. The topological polar surface area (TPSA) is 159 Å². The number of ether oxygens (including phenoxy) is 5. The van der Waals surface area contributed by atoms with Crippen LogP contribution < -0.4 is 62.0 Å². The molecule has 2 N–H and O–H groups in total. The van der Waals surface area contributed by atoms with Crippen molar-refractivity contribution in [3.8, 4) is 0 Å². The van der Waals surface area contributed by atoms with Crippen LogP contribution in [0.15, 0.2) is 0 Å². The average molecular weight is 618 g/mol. The Balaban J connectivity index is 0. The summed E-state index contributed by atoms with van der Waals surface area (Å²) in [6, 6.07) is 0. The number of nitrogens with one attached hydrogen (secondary N) is 2. The molecule has 13 nitrogen and oxygen atoms in total. The first-order chi connectivity index (χ1) is 18.5. The summed E-state index contributed by atoms with van der Waals surface area (Å²) in [5.74, 6) is -0.551. The van der Waals surface area contributed by atoms with E-state index in [-0.39, 0.29) is 153 Å². The summed E-state index contributed by atoms with van der Waals surface area (Å²) in [5, 5.41) is 4.54. The van der Waals surface area contributed by atoms with E-state index in [1.165, 1.54) is 6.92 Å². The zero-order valence-corrected chi connectivity index (χ0v) is 28.4. The van der Waals surface area contributed by atoms with Gasteiger partial charge in [0, 0.05) is 19.5 Å². The van der Waals surface area contributed by atoms with E-state index < -0.39 is 5.25 Å². The van der Waals surface area contributed by atoms with Crippen molar-refractivity contribution >= 4 is 42.0 Å². The second-order valence-corrected chi connectivity index (χ2v) is 9.66. The second kappa shape index (κ2) is 27.4. The van der Waals surface area contributed by atoms with Gasteiger partial charge in [0.1, 0.15) is 19.8 Å². The van der Waals surface area contributed by atoms with Crippen LogP contribution in [0.3, 0.4) is 0 Å². The molecule has 1 unspecified atom stereocenters. The largest absolute Gasteiger partial charge is 1.00 e. The minimum Gasteiger partial charge on any atom is -0.779 e. The van der Waals surface area contributed by atoms with Gasteiger partial charge in [-0.1, -0.05) is 26.0 Å². The SMILES string of the molecule is CC(=O)COCC(=O)NCCOCCNC(=O)COCCOCCOCCN1C(=O)CC([S-])C1=O.CC(C)C.[K+]. The van der Waals surface area contributed by atoms with E-state index in [0.29, 0.717) is 19.8 Å². The maximum absolute atomic E-state index is 11.7. The van der Waals surface area contributed by atoms with Crippen LogP contribution in [-0.4, -0.2) is 125 Å². The molecule has 1 saturated heterocycles. The van der Waals surface area contributed by atoms with Gasteiger partial charge in [0.2, 0.25) is 23.6 Å². The minimum atomic E-state index is -0.667. The number of Topliss-reactive ketones (excluding diaryl/α,β-unsaturated/α-hetero) is 1. The van der Waals surface area contributed by atoms with Crippen LogP contribution in [0.5, 0.6) is 0 Å². The van der Waals surface area contributed by atoms with Gasteiger partial charge < -0.3 is 46.9 Å². The predicted octanol–water partition coefficient (Wildman–Crippen LogP) is -3.77. The summed E-state index contributed by atoms with van der Waals surface area (Å²) in [7, 11) is 0. The number of carbonyl (C=O) groups is 5. The number of amides is 4. The maximum atomic E-state index is 11.7. The Morgan fingerprint density at radius 2 is 1.25 bits per heavy atom. The van der Waals surface area contributed by atoms with Crippen molar-refractivity contribution in [3.63, 3.8) is 0 Å². The Kier molecular flexibility index (Phi) is 28.5. The van der Waals surface area contributed by atoms with Crippen molar-refractivity contribution in [1.29, 1.82) is 0 Å². The molecular weight excluding hydrogens is 573 g/mol. The van der Waals surface area contributed by atoms with E-state index in [1.54, 1.807) is 0 Å². The van der Waals surface area contributed by atoms with Crippen LogP contribution in [0.2, 0.25) is 0 Å². The molecule has 0 aliphatic carbocycles. The van der Waals surface area contributed by atoms with Gasteiger partial charge in [0.25, 0.3) is 0 Å². The fourth-order valence-electron chi connectivity index (χ4n) is 2.67.